The maximum atomic E-state index is 12.5. The summed E-state index contributed by atoms with van der Waals surface area (Å²) in [5.41, 5.74) is 3.08. The van der Waals surface area contributed by atoms with Crippen molar-refractivity contribution in [3.63, 3.8) is 0 Å². The number of methoxy groups -OCH3 is 1. The van der Waals surface area contributed by atoms with E-state index in [4.69, 9.17) is 4.74 Å². The average Bonchev–Trinajstić information content (AvgIpc) is 2.69. The van der Waals surface area contributed by atoms with E-state index in [0.29, 0.717) is 23.8 Å². The minimum absolute atomic E-state index is 0.0858. The van der Waals surface area contributed by atoms with Crippen LogP contribution in [0.5, 0.6) is 5.75 Å². The molecule has 0 atom stereocenters. The van der Waals surface area contributed by atoms with Crippen molar-refractivity contribution in [2.75, 3.05) is 17.7 Å². The first kappa shape index (κ1) is 17.0. The van der Waals surface area contributed by atoms with E-state index in [9.17, 15) is 4.79 Å². The Hall–Kier alpha value is -3.41. The predicted octanol–water partition coefficient (Wildman–Crippen LogP) is 4.49. The highest BCUT2D eigenvalue weighted by Gasteiger charge is 2.24. The molecule has 0 radical (unpaired) electrons. The largest absolute Gasteiger partial charge is 0.497 e. The Balaban J connectivity index is 1.72. The predicted molar refractivity (Wildman–Crippen MR) is 105 cm³/mol. The van der Waals surface area contributed by atoms with Crippen LogP contribution >= 0.6 is 0 Å². The summed E-state index contributed by atoms with van der Waals surface area (Å²) in [6.45, 7) is 0. The van der Waals surface area contributed by atoms with Crippen molar-refractivity contribution in [3.8, 4) is 5.75 Å². The summed E-state index contributed by atoms with van der Waals surface area (Å²) in [5.74, 6) is 1.83. The molecule has 1 aliphatic carbocycles. The first-order valence-electron chi connectivity index (χ1n) is 8.90. The molecule has 0 fully saturated rings. The van der Waals surface area contributed by atoms with Crippen LogP contribution in [0.4, 0.5) is 23.1 Å². The molecule has 0 unspecified atom stereocenters. The van der Waals surface area contributed by atoms with Crippen LogP contribution in [0.2, 0.25) is 0 Å². The van der Waals surface area contributed by atoms with E-state index in [2.05, 4.69) is 20.6 Å². The zero-order valence-electron chi connectivity index (χ0n) is 15.0. The lowest BCUT2D eigenvalue weighted by atomic mass is 9.95. The van der Waals surface area contributed by atoms with E-state index in [-0.39, 0.29) is 5.78 Å². The third-order valence-corrected chi connectivity index (χ3v) is 4.44. The van der Waals surface area contributed by atoms with Crippen LogP contribution in [0.1, 0.15) is 28.9 Å². The molecule has 1 aromatic heterocycles. The number of hydrogen-bond acceptors (Lipinski definition) is 6. The Kier molecular flexibility index (Phi) is 4.70. The van der Waals surface area contributed by atoms with Crippen LogP contribution in [0, 0.1) is 0 Å². The number of anilines is 4. The Labute approximate surface area is 157 Å². The molecule has 27 heavy (non-hydrogen) atoms. The van der Waals surface area contributed by atoms with Gasteiger partial charge >= 0.3 is 0 Å². The zero-order chi connectivity index (χ0) is 18.6. The number of nitrogens with zero attached hydrogens (tertiary/aromatic N) is 2. The highest BCUT2D eigenvalue weighted by Crippen LogP contribution is 2.30. The van der Waals surface area contributed by atoms with Gasteiger partial charge in [-0.1, -0.05) is 24.3 Å². The van der Waals surface area contributed by atoms with Crippen molar-refractivity contribution in [1.29, 1.82) is 0 Å². The lowest BCUT2D eigenvalue weighted by molar-refractivity contribution is 0.0972. The van der Waals surface area contributed by atoms with Gasteiger partial charge in [0.15, 0.2) is 5.78 Å². The molecule has 1 aliphatic rings. The van der Waals surface area contributed by atoms with E-state index >= 15 is 0 Å². The number of benzene rings is 2. The summed E-state index contributed by atoms with van der Waals surface area (Å²) in [7, 11) is 1.63. The molecule has 1 heterocycles. The van der Waals surface area contributed by atoms with Crippen LogP contribution < -0.4 is 15.4 Å². The molecule has 0 saturated heterocycles. The summed E-state index contributed by atoms with van der Waals surface area (Å²) in [6, 6.07) is 17.3. The molecule has 0 bridgehead atoms. The first-order valence-corrected chi connectivity index (χ1v) is 8.90. The highest BCUT2D eigenvalue weighted by atomic mass is 16.5. The number of fused-ring (bicyclic) bond motifs is 1. The minimum Gasteiger partial charge on any atom is -0.497 e. The number of hydrogen-bond donors (Lipinski definition) is 2. The first-order chi connectivity index (χ1) is 13.2. The number of ether oxygens (including phenoxy) is 1. The topological polar surface area (TPSA) is 76.1 Å². The normalized spacial score (nSPS) is 13.0. The monoisotopic (exact) mass is 360 g/mol. The maximum absolute atomic E-state index is 12.5. The second-order valence-electron chi connectivity index (χ2n) is 6.34. The third-order valence-electron chi connectivity index (χ3n) is 4.44. The van der Waals surface area contributed by atoms with Crippen molar-refractivity contribution < 1.29 is 9.53 Å². The molecule has 6 heteroatoms. The smallest absolute Gasteiger partial charge is 0.229 e. The van der Waals surface area contributed by atoms with Crippen LogP contribution in [0.3, 0.4) is 0 Å². The Morgan fingerprint density at radius 3 is 2.56 bits per heavy atom. The van der Waals surface area contributed by atoms with Crippen molar-refractivity contribution in [3.05, 3.63) is 65.9 Å². The van der Waals surface area contributed by atoms with E-state index in [0.717, 1.165) is 35.7 Å². The van der Waals surface area contributed by atoms with Crippen molar-refractivity contribution in [2.45, 2.75) is 19.3 Å². The molecule has 2 N–H and O–H groups in total. The van der Waals surface area contributed by atoms with Crippen molar-refractivity contribution >= 4 is 28.9 Å². The molecule has 0 amide bonds. The highest BCUT2D eigenvalue weighted by molar-refractivity contribution is 6.03. The molecular weight excluding hydrogens is 340 g/mol. The third kappa shape index (κ3) is 3.74. The van der Waals surface area contributed by atoms with Crippen molar-refractivity contribution in [1.82, 2.24) is 9.97 Å². The number of carbonyl (C=O) groups excluding carboxylic acids is 1. The number of ketones is 1. The molecule has 2 aromatic carbocycles. The van der Waals surface area contributed by atoms with Gasteiger partial charge in [0.05, 0.1) is 18.4 Å². The second kappa shape index (κ2) is 7.45. The van der Waals surface area contributed by atoms with Gasteiger partial charge in [0.1, 0.15) is 11.6 Å². The van der Waals surface area contributed by atoms with Crippen LogP contribution in [-0.4, -0.2) is 22.9 Å². The fraction of sp³-hybridized carbons (Fsp3) is 0.190. The fourth-order valence-electron chi connectivity index (χ4n) is 3.16. The van der Waals surface area contributed by atoms with Gasteiger partial charge < -0.3 is 15.4 Å². The maximum Gasteiger partial charge on any atom is 0.229 e. The van der Waals surface area contributed by atoms with Gasteiger partial charge in [-0.2, -0.15) is 4.98 Å². The molecule has 0 spiro atoms. The van der Waals surface area contributed by atoms with Gasteiger partial charge in [-0.3, -0.25) is 4.79 Å². The molecule has 0 saturated carbocycles. The number of rotatable bonds is 5. The summed E-state index contributed by atoms with van der Waals surface area (Å²) < 4.78 is 5.26. The van der Waals surface area contributed by atoms with Gasteiger partial charge in [-0.25, -0.2) is 4.98 Å². The lowest BCUT2D eigenvalue weighted by Gasteiger charge is -2.19. The Morgan fingerprint density at radius 2 is 1.74 bits per heavy atom. The standard InChI is InChI=1S/C21H20N4O2/c1-27-16-10-5-9-15(13-16)23-21-24-17-11-6-12-18(26)19(17)20(25-21)22-14-7-3-2-4-8-14/h2-5,7-10,13H,6,11-12H2,1H3,(H2,22,23,24,25). The average molecular weight is 360 g/mol. The molecule has 4 rings (SSSR count). The van der Waals surface area contributed by atoms with E-state index in [1.807, 2.05) is 54.6 Å². The zero-order valence-corrected chi connectivity index (χ0v) is 15.0. The van der Waals surface area contributed by atoms with Gasteiger partial charge in [-0.05, 0) is 37.1 Å². The molecular formula is C21H20N4O2. The van der Waals surface area contributed by atoms with Gasteiger partial charge in [-0.15, -0.1) is 0 Å². The summed E-state index contributed by atoms with van der Waals surface area (Å²) >= 11 is 0. The molecule has 6 nitrogen and oxygen atoms in total. The van der Waals surface area contributed by atoms with Crippen molar-refractivity contribution in [2.24, 2.45) is 0 Å². The van der Waals surface area contributed by atoms with Crippen LogP contribution in [0.15, 0.2) is 54.6 Å². The summed E-state index contributed by atoms with van der Waals surface area (Å²) in [5, 5.41) is 6.49. The van der Waals surface area contributed by atoms with Crippen LogP contribution in [0.25, 0.3) is 0 Å². The number of nitrogens with one attached hydrogen (secondary N) is 2. The molecule has 3 aromatic rings. The second-order valence-corrected chi connectivity index (χ2v) is 6.34. The molecule has 136 valence electrons. The van der Waals surface area contributed by atoms with E-state index < -0.39 is 0 Å². The number of aryl methyl sites for hydroxylation is 1. The van der Waals surface area contributed by atoms with Crippen LogP contribution in [-0.2, 0) is 6.42 Å². The molecule has 0 aliphatic heterocycles. The van der Waals surface area contributed by atoms with Gasteiger partial charge in [0, 0.05) is 23.9 Å². The summed E-state index contributed by atoms with van der Waals surface area (Å²) in [6.07, 6.45) is 2.11. The lowest BCUT2D eigenvalue weighted by Crippen LogP contribution is -2.17. The number of Topliss-reactive ketones (excluding diaryl/α,β-unsaturated/α-hetero) is 1. The minimum atomic E-state index is 0.0858. The van der Waals surface area contributed by atoms with Gasteiger partial charge in [0.2, 0.25) is 5.95 Å². The number of aromatic nitrogens is 2. The number of para-hydroxylation sites is 1. The Morgan fingerprint density at radius 1 is 0.926 bits per heavy atom. The number of carbonyl (C=O) groups is 1. The Bertz CT molecular complexity index is 973. The fourth-order valence-corrected chi connectivity index (χ4v) is 3.16. The quantitative estimate of drug-likeness (QED) is 0.698. The summed E-state index contributed by atoms with van der Waals surface area (Å²) in [4.78, 5) is 21.7. The van der Waals surface area contributed by atoms with Gasteiger partial charge in [0.25, 0.3) is 0 Å². The van der Waals surface area contributed by atoms with E-state index in [1.165, 1.54) is 0 Å². The SMILES string of the molecule is COc1cccc(Nc2nc3c(c(Nc4ccccc4)n2)C(=O)CCC3)c1. The van der Waals surface area contributed by atoms with E-state index in [1.54, 1.807) is 7.11 Å².